The summed E-state index contributed by atoms with van der Waals surface area (Å²) in [6, 6.07) is 6.03. The summed E-state index contributed by atoms with van der Waals surface area (Å²) in [6.45, 7) is 6.62. The van der Waals surface area contributed by atoms with E-state index in [0.29, 0.717) is 6.54 Å². The molecular formula is C15H18N2O. The van der Waals surface area contributed by atoms with Gasteiger partial charge in [-0.05, 0) is 43.5 Å². The smallest absolute Gasteiger partial charge is 0.135 e. The number of nitrogens with two attached hydrogens (primary N) is 1. The molecule has 3 heteroatoms. The molecule has 0 atom stereocenters. The van der Waals surface area contributed by atoms with Crippen molar-refractivity contribution in [3.8, 4) is 11.5 Å². The average molecular weight is 242 g/mol. The maximum atomic E-state index is 6.02. The monoisotopic (exact) mass is 242 g/mol. The van der Waals surface area contributed by atoms with Crippen LogP contribution in [0, 0.1) is 20.8 Å². The number of aryl methyl sites for hydroxylation is 2. The molecule has 0 unspecified atom stereocenters. The molecule has 0 saturated carbocycles. The summed E-state index contributed by atoms with van der Waals surface area (Å²) < 4.78 is 6.02. The van der Waals surface area contributed by atoms with Crippen LogP contribution >= 0.6 is 0 Å². The molecule has 1 aromatic heterocycles. The predicted molar refractivity (Wildman–Crippen MR) is 72.9 cm³/mol. The summed E-state index contributed by atoms with van der Waals surface area (Å²) in [7, 11) is 0. The van der Waals surface area contributed by atoms with E-state index in [1.54, 1.807) is 12.4 Å². The Morgan fingerprint density at radius 2 is 1.83 bits per heavy atom. The van der Waals surface area contributed by atoms with Gasteiger partial charge in [-0.3, -0.25) is 4.98 Å². The highest BCUT2D eigenvalue weighted by Gasteiger charge is 2.09. The Hall–Kier alpha value is -1.87. The van der Waals surface area contributed by atoms with Crippen LogP contribution in [0.25, 0.3) is 0 Å². The summed E-state index contributed by atoms with van der Waals surface area (Å²) in [5, 5.41) is 0. The van der Waals surface area contributed by atoms with E-state index < -0.39 is 0 Å². The SMILES string of the molecule is Cc1ccc(C)c(Oc2ccncc2CN)c1C. The van der Waals surface area contributed by atoms with Crippen molar-refractivity contribution in [3.05, 3.63) is 52.8 Å². The highest BCUT2D eigenvalue weighted by atomic mass is 16.5. The normalized spacial score (nSPS) is 10.4. The molecule has 0 bridgehead atoms. The zero-order valence-electron chi connectivity index (χ0n) is 11.0. The van der Waals surface area contributed by atoms with E-state index >= 15 is 0 Å². The summed E-state index contributed by atoms with van der Waals surface area (Å²) in [5.74, 6) is 1.69. The van der Waals surface area contributed by atoms with Crippen LogP contribution in [0.1, 0.15) is 22.3 Å². The Morgan fingerprint density at radius 3 is 2.56 bits per heavy atom. The standard InChI is InChI=1S/C15H18N2O/c1-10-4-5-11(2)15(12(10)3)18-14-6-7-17-9-13(14)8-16/h4-7,9H,8,16H2,1-3H3. The van der Waals surface area contributed by atoms with Gasteiger partial charge >= 0.3 is 0 Å². The zero-order chi connectivity index (χ0) is 13.1. The van der Waals surface area contributed by atoms with Crippen LogP contribution in [-0.2, 0) is 6.54 Å². The van der Waals surface area contributed by atoms with Crippen LogP contribution in [0.15, 0.2) is 30.6 Å². The molecule has 3 nitrogen and oxygen atoms in total. The van der Waals surface area contributed by atoms with Gasteiger partial charge in [-0.2, -0.15) is 0 Å². The maximum Gasteiger partial charge on any atom is 0.135 e. The van der Waals surface area contributed by atoms with Gasteiger partial charge in [0.25, 0.3) is 0 Å². The van der Waals surface area contributed by atoms with E-state index in [1.807, 2.05) is 13.0 Å². The number of nitrogens with zero attached hydrogens (tertiary/aromatic N) is 1. The van der Waals surface area contributed by atoms with Crippen molar-refractivity contribution < 1.29 is 4.74 Å². The van der Waals surface area contributed by atoms with Gasteiger partial charge in [0.2, 0.25) is 0 Å². The molecule has 0 radical (unpaired) electrons. The fraction of sp³-hybridized carbons (Fsp3) is 0.267. The number of pyridine rings is 1. The van der Waals surface area contributed by atoms with Crippen molar-refractivity contribution in [2.45, 2.75) is 27.3 Å². The molecule has 2 aromatic rings. The summed E-state index contributed by atoms with van der Waals surface area (Å²) in [5.41, 5.74) is 10.1. The highest BCUT2D eigenvalue weighted by Crippen LogP contribution is 2.31. The van der Waals surface area contributed by atoms with Crippen molar-refractivity contribution in [3.63, 3.8) is 0 Å². The van der Waals surface area contributed by atoms with E-state index in [9.17, 15) is 0 Å². The maximum absolute atomic E-state index is 6.02. The number of aromatic nitrogens is 1. The van der Waals surface area contributed by atoms with E-state index in [1.165, 1.54) is 5.56 Å². The molecule has 0 spiro atoms. The molecule has 0 saturated heterocycles. The van der Waals surface area contributed by atoms with Gasteiger partial charge in [0.1, 0.15) is 11.5 Å². The second kappa shape index (κ2) is 5.19. The first kappa shape index (κ1) is 12.6. The number of ether oxygens (including phenoxy) is 1. The van der Waals surface area contributed by atoms with E-state index in [0.717, 1.165) is 28.2 Å². The second-order valence-corrected chi connectivity index (χ2v) is 4.44. The third-order valence-electron chi connectivity index (χ3n) is 3.16. The molecule has 2 N–H and O–H groups in total. The predicted octanol–water partition coefficient (Wildman–Crippen LogP) is 3.26. The molecule has 1 aromatic carbocycles. The van der Waals surface area contributed by atoms with Crippen LogP contribution in [0.3, 0.4) is 0 Å². The Bertz CT molecular complexity index is 564. The Morgan fingerprint density at radius 1 is 1.11 bits per heavy atom. The van der Waals surface area contributed by atoms with Crippen molar-refractivity contribution in [1.82, 2.24) is 4.98 Å². The lowest BCUT2D eigenvalue weighted by Gasteiger charge is -2.15. The van der Waals surface area contributed by atoms with Gasteiger partial charge in [-0.1, -0.05) is 12.1 Å². The zero-order valence-corrected chi connectivity index (χ0v) is 11.0. The number of hydrogen-bond donors (Lipinski definition) is 1. The number of benzene rings is 1. The van der Waals surface area contributed by atoms with Crippen LogP contribution in [0.5, 0.6) is 11.5 Å². The molecule has 0 aliphatic rings. The largest absolute Gasteiger partial charge is 0.456 e. The van der Waals surface area contributed by atoms with Crippen molar-refractivity contribution in [2.24, 2.45) is 5.73 Å². The van der Waals surface area contributed by atoms with Gasteiger partial charge in [0.05, 0.1) is 0 Å². The van der Waals surface area contributed by atoms with Gasteiger partial charge in [-0.15, -0.1) is 0 Å². The van der Waals surface area contributed by atoms with Gasteiger partial charge in [0, 0.05) is 24.5 Å². The van der Waals surface area contributed by atoms with Gasteiger partial charge in [0.15, 0.2) is 0 Å². The minimum atomic E-state index is 0.424. The molecule has 0 amide bonds. The number of rotatable bonds is 3. The molecule has 18 heavy (non-hydrogen) atoms. The Balaban J connectivity index is 2.43. The first-order valence-corrected chi connectivity index (χ1v) is 6.01. The van der Waals surface area contributed by atoms with Crippen LogP contribution in [0.2, 0.25) is 0 Å². The topological polar surface area (TPSA) is 48.1 Å². The second-order valence-electron chi connectivity index (χ2n) is 4.44. The van der Waals surface area contributed by atoms with Crippen LogP contribution in [0.4, 0.5) is 0 Å². The van der Waals surface area contributed by atoms with Crippen molar-refractivity contribution >= 4 is 0 Å². The molecule has 0 aliphatic heterocycles. The van der Waals surface area contributed by atoms with E-state index in [4.69, 9.17) is 10.5 Å². The first-order chi connectivity index (χ1) is 8.63. The average Bonchev–Trinajstić information content (AvgIpc) is 2.39. The quantitative estimate of drug-likeness (QED) is 0.898. The number of hydrogen-bond acceptors (Lipinski definition) is 3. The molecule has 0 fully saturated rings. The van der Waals surface area contributed by atoms with Crippen LogP contribution < -0.4 is 10.5 Å². The van der Waals surface area contributed by atoms with E-state index in [-0.39, 0.29) is 0 Å². The minimum absolute atomic E-state index is 0.424. The summed E-state index contributed by atoms with van der Waals surface area (Å²) in [6.07, 6.45) is 3.46. The highest BCUT2D eigenvalue weighted by molar-refractivity contribution is 5.47. The van der Waals surface area contributed by atoms with Crippen molar-refractivity contribution in [2.75, 3.05) is 0 Å². The minimum Gasteiger partial charge on any atom is -0.456 e. The molecule has 2 rings (SSSR count). The fourth-order valence-corrected chi connectivity index (χ4v) is 1.86. The fourth-order valence-electron chi connectivity index (χ4n) is 1.86. The molecule has 1 heterocycles. The Labute approximate surface area is 108 Å². The molecule has 94 valence electrons. The van der Waals surface area contributed by atoms with Gasteiger partial charge in [-0.25, -0.2) is 0 Å². The molecular weight excluding hydrogens is 224 g/mol. The van der Waals surface area contributed by atoms with Crippen LogP contribution in [-0.4, -0.2) is 4.98 Å². The molecule has 0 aliphatic carbocycles. The van der Waals surface area contributed by atoms with E-state index in [2.05, 4.69) is 31.0 Å². The lowest BCUT2D eigenvalue weighted by molar-refractivity contribution is 0.467. The third-order valence-corrected chi connectivity index (χ3v) is 3.16. The Kier molecular flexibility index (Phi) is 3.63. The first-order valence-electron chi connectivity index (χ1n) is 6.01. The summed E-state index contributed by atoms with van der Waals surface area (Å²) in [4.78, 5) is 4.06. The third kappa shape index (κ3) is 2.36. The lowest BCUT2D eigenvalue weighted by atomic mass is 10.1. The summed E-state index contributed by atoms with van der Waals surface area (Å²) >= 11 is 0. The lowest BCUT2D eigenvalue weighted by Crippen LogP contribution is -2.01. The van der Waals surface area contributed by atoms with Gasteiger partial charge < -0.3 is 10.5 Å². The van der Waals surface area contributed by atoms with Crippen molar-refractivity contribution in [1.29, 1.82) is 0 Å².